The van der Waals surface area contributed by atoms with Crippen molar-refractivity contribution in [3.8, 4) is 0 Å². The summed E-state index contributed by atoms with van der Waals surface area (Å²) >= 11 is 0. The van der Waals surface area contributed by atoms with Crippen molar-refractivity contribution < 1.29 is 17.1 Å². The van der Waals surface area contributed by atoms with Crippen LogP contribution in [0.3, 0.4) is 0 Å². The van der Waals surface area contributed by atoms with Crippen LogP contribution in [0.25, 0.3) is 0 Å². The molecule has 0 fully saturated rings. The van der Waals surface area contributed by atoms with Crippen LogP contribution in [0.1, 0.15) is 39.5 Å². The van der Waals surface area contributed by atoms with Crippen LogP contribution in [0.5, 0.6) is 0 Å². The molecule has 0 aliphatic heterocycles. The fraction of sp³-hybridized carbons (Fsp3) is 0.667. The van der Waals surface area contributed by atoms with Crippen molar-refractivity contribution in [1.82, 2.24) is 0 Å². The fourth-order valence-corrected chi connectivity index (χ4v) is 0. The molecule has 0 unspecified atom stereocenters. The molecule has 0 spiro atoms. The Bertz CT molecular complexity index is 41.0. The van der Waals surface area contributed by atoms with Gasteiger partial charge in [-0.15, -0.1) is 0 Å². The van der Waals surface area contributed by atoms with Gasteiger partial charge in [-0.3, -0.25) is 0 Å². The van der Waals surface area contributed by atoms with Crippen LogP contribution in [0.2, 0.25) is 0 Å². The van der Waals surface area contributed by atoms with Gasteiger partial charge in [0.15, 0.2) is 0 Å². The Morgan fingerprint density at radius 1 is 1.00 bits per heavy atom. The van der Waals surface area contributed by atoms with E-state index in [-0.39, 0.29) is 35.9 Å². The molecular formula is C9H18CuLiN-3. The van der Waals surface area contributed by atoms with E-state index < -0.39 is 0 Å². The number of unbranched alkanes of at least 4 members (excludes halogenated alkanes) is 2. The minimum Gasteiger partial charge on any atom is -0.512 e. The quantitative estimate of drug-likeness (QED) is 0.508. The van der Waals surface area contributed by atoms with Gasteiger partial charge < -0.3 is 25.7 Å². The summed E-state index contributed by atoms with van der Waals surface area (Å²) in [5.74, 6) is 0. The predicted octanol–water partition coefficient (Wildman–Crippen LogP) is 2.95. The summed E-state index contributed by atoms with van der Waals surface area (Å²) < 4.78 is 0. The zero-order valence-electron chi connectivity index (χ0n) is 8.49. The van der Waals surface area contributed by atoms with Gasteiger partial charge in [0.2, 0.25) is 0 Å². The van der Waals surface area contributed by atoms with Crippen LogP contribution in [0.15, 0.2) is 0 Å². The smallest absolute Gasteiger partial charge is 0 e. The van der Waals surface area contributed by atoms with Gasteiger partial charge in [-0.25, -0.2) is 0 Å². The first-order chi connectivity index (χ1) is 4.83. The molecule has 0 N–H and O–H groups in total. The molecule has 0 aliphatic rings. The van der Waals surface area contributed by atoms with Crippen LogP contribution in [0.4, 0.5) is 0 Å². The van der Waals surface area contributed by atoms with Gasteiger partial charge >= 0.3 is 0 Å². The topological polar surface area (TPSA) is 23.8 Å². The van der Waals surface area contributed by atoms with Crippen molar-refractivity contribution in [3.05, 3.63) is 20.4 Å². The Morgan fingerprint density at radius 3 is 1.08 bits per heavy atom. The third-order valence-corrected chi connectivity index (χ3v) is 0.707. The maximum Gasteiger partial charge on any atom is 0 e. The van der Waals surface area contributed by atoms with Crippen LogP contribution < -0.4 is 0 Å². The summed E-state index contributed by atoms with van der Waals surface area (Å²) in [6, 6.07) is 0. The van der Waals surface area contributed by atoms with Crippen molar-refractivity contribution in [2.75, 3.05) is 0 Å². The Labute approximate surface area is 101 Å². The minimum atomic E-state index is 0. The first-order valence-electron chi connectivity index (χ1n) is 3.64. The molecular weight excluding hydrogens is 193 g/mol. The van der Waals surface area contributed by atoms with E-state index >= 15 is 0 Å². The molecule has 3 heteroatoms. The molecule has 0 bridgehead atoms. The van der Waals surface area contributed by atoms with Gasteiger partial charge in [0, 0.05) is 35.9 Å². The molecule has 0 saturated carbocycles. The second kappa shape index (κ2) is 61.5. The Kier molecular flexibility index (Phi) is 150. The third kappa shape index (κ3) is 144. The van der Waals surface area contributed by atoms with Crippen molar-refractivity contribution in [3.63, 3.8) is 0 Å². The molecule has 0 amide bonds. The molecule has 0 atom stereocenters. The fourth-order valence-electron chi connectivity index (χ4n) is 0. The van der Waals surface area contributed by atoms with E-state index in [1.54, 1.807) is 0 Å². The van der Waals surface area contributed by atoms with Gasteiger partial charge in [0.1, 0.15) is 0 Å². The standard InChI is InChI=1S/2C4H9.CN.Cu.Li/c2*1-3-4-2;1-2;;/h2*1,3-4H2,2H3;;;/q3*-1;;. The average Bonchev–Trinajstić information content (AvgIpc) is 2.08. The van der Waals surface area contributed by atoms with Crippen molar-refractivity contribution in [2.24, 2.45) is 0 Å². The van der Waals surface area contributed by atoms with E-state index in [9.17, 15) is 0 Å². The van der Waals surface area contributed by atoms with Gasteiger partial charge in [-0.05, 0) is 0 Å². The Hall–Kier alpha value is 0.607. The SMILES string of the molecule is [C-]#N.[CH2-]CCC.[CH2-]CCC.[Cu].[Li]. The number of rotatable bonds is 2. The first-order valence-corrected chi connectivity index (χ1v) is 3.64. The Balaban J connectivity index is -0.0000000198. The summed E-state index contributed by atoms with van der Waals surface area (Å²) in [5.41, 5.74) is 0. The molecule has 0 aromatic rings. The molecule has 0 rings (SSSR count). The molecule has 1 nitrogen and oxygen atoms in total. The van der Waals surface area contributed by atoms with Crippen molar-refractivity contribution in [1.29, 1.82) is 5.26 Å². The normalized spacial score (nSPS) is 5.17. The molecule has 12 heavy (non-hydrogen) atoms. The van der Waals surface area contributed by atoms with Crippen LogP contribution in [-0.2, 0) is 17.1 Å². The van der Waals surface area contributed by atoms with E-state index in [2.05, 4.69) is 27.7 Å². The molecule has 0 saturated heterocycles. The van der Waals surface area contributed by atoms with Gasteiger partial charge in [-0.2, -0.15) is 12.8 Å². The molecule has 0 heterocycles. The molecule has 0 aromatic heterocycles. The van der Waals surface area contributed by atoms with E-state index in [0.29, 0.717) is 0 Å². The van der Waals surface area contributed by atoms with Gasteiger partial charge in [-0.1, -0.05) is 26.7 Å². The summed E-state index contributed by atoms with van der Waals surface area (Å²) in [5, 5.41) is 6.25. The van der Waals surface area contributed by atoms with Crippen molar-refractivity contribution in [2.45, 2.75) is 39.5 Å². The van der Waals surface area contributed by atoms with Gasteiger partial charge in [0.05, 0.1) is 0 Å². The zero-order valence-corrected chi connectivity index (χ0v) is 9.43. The number of hydrogen-bond donors (Lipinski definition) is 0. The maximum absolute atomic E-state index is 6.25. The summed E-state index contributed by atoms with van der Waals surface area (Å²) in [7, 11) is 0. The van der Waals surface area contributed by atoms with Crippen LogP contribution >= 0.6 is 0 Å². The second-order valence-corrected chi connectivity index (χ2v) is 1.71. The number of hydrogen-bond acceptors (Lipinski definition) is 1. The Morgan fingerprint density at radius 2 is 1.08 bits per heavy atom. The van der Waals surface area contributed by atoms with E-state index in [1.165, 1.54) is 12.8 Å². The maximum atomic E-state index is 6.25. The average molecular weight is 211 g/mol. The summed E-state index contributed by atoms with van der Waals surface area (Å²) in [6.45, 7) is 16.2. The van der Waals surface area contributed by atoms with Crippen molar-refractivity contribution >= 4 is 18.9 Å². The summed E-state index contributed by atoms with van der Waals surface area (Å²) in [4.78, 5) is 0. The van der Waals surface area contributed by atoms with Gasteiger partial charge in [0.25, 0.3) is 0 Å². The monoisotopic (exact) mass is 210 g/mol. The van der Waals surface area contributed by atoms with E-state index in [4.69, 9.17) is 11.8 Å². The molecule has 0 aromatic carbocycles. The first kappa shape index (κ1) is 29.4. The summed E-state index contributed by atoms with van der Waals surface area (Å²) in [6.07, 6.45) is 4.56. The second-order valence-electron chi connectivity index (χ2n) is 1.71. The van der Waals surface area contributed by atoms with E-state index in [0.717, 1.165) is 12.8 Å². The van der Waals surface area contributed by atoms with Crippen LogP contribution in [0, 0.1) is 25.7 Å². The molecule has 0 aliphatic carbocycles. The molecule has 2 radical (unpaired) electrons. The largest absolute Gasteiger partial charge is 0.512 e. The zero-order chi connectivity index (χ0) is 8.83. The van der Waals surface area contributed by atoms with Crippen LogP contribution in [-0.4, -0.2) is 18.9 Å². The predicted molar refractivity (Wildman–Crippen MR) is 51.3 cm³/mol. The number of nitrogens with zero attached hydrogens (tertiary/aromatic N) is 1. The third-order valence-electron chi connectivity index (χ3n) is 0.707. The molecule has 74 valence electrons. The van der Waals surface area contributed by atoms with E-state index in [1.807, 2.05) is 0 Å². The minimum absolute atomic E-state index is 0.